The van der Waals surface area contributed by atoms with Crippen LogP contribution in [0.25, 0.3) is 6.08 Å². The lowest BCUT2D eigenvalue weighted by molar-refractivity contribution is -0.155. The van der Waals surface area contributed by atoms with Gasteiger partial charge in [-0.15, -0.1) is 0 Å². The van der Waals surface area contributed by atoms with Gasteiger partial charge in [-0.1, -0.05) is 17.3 Å². The van der Waals surface area contributed by atoms with Crippen LogP contribution in [-0.2, 0) is 30.4 Å². The van der Waals surface area contributed by atoms with Gasteiger partial charge >= 0.3 is 0 Å². The van der Waals surface area contributed by atoms with Crippen molar-refractivity contribution in [1.29, 1.82) is 0 Å². The van der Waals surface area contributed by atoms with Gasteiger partial charge in [0.1, 0.15) is 55.8 Å². The van der Waals surface area contributed by atoms with E-state index in [1.54, 1.807) is 19.1 Å². The largest absolute Gasteiger partial charge is 0.462 e. The molecule has 13 nitrogen and oxygen atoms in total. The number of hydrogen-bond donors (Lipinski definition) is 5. The van der Waals surface area contributed by atoms with Gasteiger partial charge in [0.25, 0.3) is 0 Å². The predicted molar refractivity (Wildman–Crippen MR) is 175 cm³/mol. The molecular formula is C35H43F2N3O10. The van der Waals surface area contributed by atoms with E-state index in [1.165, 1.54) is 31.2 Å². The van der Waals surface area contributed by atoms with Crippen molar-refractivity contribution in [1.82, 2.24) is 5.32 Å². The molecule has 0 unspecified atom stereocenters. The van der Waals surface area contributed by atoms with Crippen molar-refractivity contribution in [2.24, 2.45) is 5.16 Å². The third-order valence-corrected chi connectivity index (χ3v) is 9.50. The van der Waals surface area contributed by atoms with Crippen LogP contribution < -0.4 is 15.0 Å². The molecule has 0 aromatic heterocycles. The monoisotopic (exact) mass is 703 g/mol. The minimum atomic E-state index is -1.50. The third-order valence-electron chi connectivity index (χ3n) is 9.50. The molecule has 3 heterocycles. The SMILES string of the molecule is C/C(=C\c1ccc(O[C@H]2C[C@@H](O)[C@@H](/C(C)=N/OCc3ccc(N4CCCCC4)c(F)c3)O2)c(F)c1)C(=O)N[C@@H]1[C@H](O)[C@@H](O)[C@H]2OCO[C@H]2[C@@H]1O. The maximum atomic E-state index is 15.1. The molecular weight excluding hydrogens is 660 g/mol. The molecule has 272 valence electrons. The van der Waals surface area contributed by atoms with Gasteiger partial charge in [-0.3, -0.25) is 4.79 Å². The minimum absolute atomic E-state index is 0.0172. The summed E-state index contributed by atoms with van der Waals surface area (Å²) >= 11 is 0. The number of halogens is 2. The minimum Gasteiger partial charge on any atom is -0.462 e. The van der Waals surface area contributed by atoms with Gasteiger partial charge in [0.05, 0.1) is 23.5 Å². The zero-order valence-electron chi connectivity index (χ0n) is 27.8. The van der Waals surface area contributed by atoms with Crippen LogP contribution in [0.3, 0.4) is 0 Å². The third kappa shape index (κ3) is 7.94. The van der Waals surface area contributed by atoms with Crippen molar-refractivity contribution in [3.05, 3.63) is 64.7 Å². The smallest absolute Gasteiger partial charge is 0.247 e. The summed E-state index contributed by atoms with van der Waals surface area (Å²) in [5.41, 5.74) is 1.98. The van der Waals surface area contributed by atoms with Crippen molar-refractivity contribution in [2.45, 2.75) is 101 Å². The zero-order chi connectivity index (χ0) is 35.5. The Balaban J connectivity index is 1.00. The molecule has 3 aliphatic heterocycles. The Bertz CT molecular complexity index is 1590. The van der Waals surface area contributed by atoms with E-state index in [2.05, 4.69) is 10.5 Å². The van der Waals surface area contributed by atoms with Crippen LogP contribution in [0, 0.1) is 11.6 Å². The summed E-state index contributed by atoms with van der Waals surface area (Å²) in [7, 11) is 0. The number of nitrogens with one attached hydrogen (secondary N) is 1. The molecule has 0 radical (unpaired) electrons. The molecule has 1 amide bonds. The van der Waals surface area contributed by atoms with E-state index in [0.717, 1.165) is 38.4 Å². The molecule has 0 bridgehead atoms. The number of hydrogen-bond acceptors (Lipinski definition) is 12. The molecule has 2 aromatic carbocycles. The molecule has 2 aromatic rings. The van der Waals surface area contributed by atoms with Crippen LogP contribution in [0.2, 0.25) is 0 Å². The molecule has 1 aliphatic carbocycles. The van der Waals surface area contributed by atoms with Crippen molar-refractivity contribution < 1.29 is 57.8 Å². The number of piperidine rings is 1. The standard InChI is InChI=1S/C35H43F2N3O10/c1-18(35(45)38-28-29(42)31(44)34-33(30(28)43)46-17-47-34)12-20-7-9-26(23(37)13-20)49-27-15-25(41)32(50-27)19(2)39-48-16-21-6-8-24(22(36)14-21)40-10-4-3-5-11-40/h6-9,12-14,25,27-34,41-44H,3-5,10-11,15-17H2,1-2H3,(H,38,45)/b18-12+,39-19+/t25-,27-,28-,29+,30-,31-,32-,33+,34-/m1/s1. The quantitative estimate of drug-likeness (QED) is 0.140. The normalized spacial score (nSPS) is 31.8. The molecule has 0 spiro atoms. The number of aliphatic hydroxyl groups is 4. The summed E-state index contributed by atoms with van der Waals surface area (Å²) in [6.45, 7) is 4.62. The molecule has 6 rings (SSSR count). The number of fused-ring (bicyclic) bond motifs is 1. The first-order valence-electron chi connectivity index (χ1n) is 16.8. The van der Waals surface area contributed by atoms with Gasteiger partial charge in [-0.25, -0.2) is 8.78 Å². The number of nitrogens with zero attached hydrogens (tertiary/aromatic N) is 2. The second-order valence-electron chi connectivity index (χ2n) is 13.1. The van der Waals surface area contributed by atoms with Crippen molar-refractivity contribution >= 4 is 23.4 Å². The lowest BCUT2D eigenvalue weighted by Gasteiger charge is -2.41. The van der Waals surface area contributed by atoms with Gasteiger partial charge in [0.15, 0.2) is 11.6 Å². The highest BCUT2D eigenvalue weighted by molar-refractivity contribution is 5.97. The highest BCUT2D eigenvalue weighted by Gasteiger charge is 2.53. The molecule has 4 fully saturated rings. The summed E-state index contributed by atoms with van der Waals surface area (Å²) < 4.78 is 51.8. The Labute approximate surface area is 288 Å². The molecule has 4 aliphatic rings. The Morgan fingerprint density at radius 1 is 0.980 bits per heavy atom. The second kappa shape index (κ2) is 15.7. The number of amides is 1. The van der Waals surface area contributed by atoms with E-state index in [-0.39, 0.29) is 37.0 Å². The fourth-order valence-corrected chi connectivity index (χ4v) is 6.76. The predicted octanol–water partition coefficient (Wildman–Crippen LogP) is 2.13. The van der Waals surface area contributed by atoms with E-state index in [0.29, 0.717) is 22.5 Å². The number of carbonyl (C=O) groups is 1. The lowest BCUT2D eigenvalue weighted by Crippen LogP contribution is -2.67. The van der Waals surface area contributed by atoms with E-state index in [1.807, 2.05) is 4.90 Å². The summed E-state index contributed by atoms with van der Waals surface area (Å²) in [6, 6.07) is 7.78. The van der Waals surface area contributed by atoms with Crippen molar-refractivity contribution in [3.8, 4) is 5.75 Å². The number of oxime groups is 1. The van der Waals surface area contributed by atoms with Crippen LogP contribution in [0.5, 0.6) is 5.75 Å². The van der Waals surface area contributed by atoms with E-state index >= 15 is 4.39 Å². The zero-order valence-corrected chi connectivity index (χ0v) is 27.8. The highest BCUT2D eigenvalue weighted by Crippen LogP contribution is 2.31. The number of benzene rings is 2. The lowest BCUT2D eigenvalue weighted by atomic mass is 9.83. The summed E-state index contributed by atoms with van der Waals surface area (Å²) in [5.74, 6) is -1.85. The molecule has 15 heteroatoms. The average Bonchev–Trinajstić information content (AvgIpc) is 3.74. The summed E-state index contributed by atoms with van der Waals surface area (Å²) in [4.78, 5) is 20.3. The Morgan fingerprint density at radius 2 is 1.72 bits per heavy atom. The Hall–Kier alpha value is -3.70. The topological polar surface area (TPSA) is 172 Å². The molecule has 50 heavy (non-hydrogen) atoms. The molecule has 5 N–H and O–H groups in total. The van der Waals surface area contributed by atoms with E-state index < -0.39 is 66.8 Å². The fourth-order valence-electron chi connectivity index (χ4n) is 6.76. The number of aliphatic hydroxyl groups excluding tert-OH is 4. The first-order chi connectivity index (χ1) is 24.0. The van der Waals surface area contributed by atoms with Crippen LogP contribution >= 0.6 is 0 Å². The van der Waals surface area contributed by atoms with Crippen LogP contribution in [0.1, 0.15) is 50.7 Å². The van der Waals surface area contributed by atoms with Crippen LogP contribution in [0.15, 0.2) is 47.1 Å². The first kappa shape index (κ1) is 36.1. The van der Waals surface area contributed by atoms with Crippen LogP contribution in [0.4, 0.5) is 14.5 Å². The number of anilines is 1. The fraction of sp³-hybridized carbons (Fsp3) is 0.543. The van der Waals surface area contributed by atoms with Gasteiger partial charge in [0.2, 0.25) is 12.2 Å². The summed E-state index contributed by atoms with van der Waals surface area (Å²) in [5, 5.41) is 48.5. The van der Waals surface area contributed by atoms with E-state index in [4.69, 9.17) is 23.8 Å². The van der Waals surface area contributed by atoms with Gasteiger partial charge in [0, 0.05) is 25.1 Å². The molecule has 9 atom stereocenters. The maximum absolute atomic E-state index is 15.1. The van der Waals surface area contributed by atoms with Crippen LogP contribution in [-0.4, -0.2) is 107 Å². The Kier molecular flexibility index (Phi) is 11.3. The van der Waals surface area contributed by atoms with Gasteiger partial charge in [-0.2, -0.15) is 0 Å². The molecule has 3 saturated heterocycles. The first-order valence-corrected chi connectivity index (χ1v) is 16.8. The Morgan fingerprint density at radius 3 is 2.44 bits per heavy atom. The maximum Gasteiger partial charge on any atom is 0.247 e. The average molecular weight is 704 g/mol. The summed E-state index contributed by atoms with van der Waals surface area (Å²) in [6.07, 6.45) is -4.22. The van der Waals surface area contributed by atoms with Gasteiger partial charge < -0.3 is 54.4 Å². The second-order valence-corrected chi connectivity index (χ2v) is 13.1. The molecule has 1 saturated carbocycles. The van der Waals surface area contributed by atoms with E-state index in [9.17, 15) is 29.6 Å². The highest BCUT2D eigenvalue weighted by atomic mass is 19.1. The van der Waals surface area contributed by atoms with Crippen molar-refractivity contribution in [3.63, 3.8) is 0 Å². The number of carbonyl (C=O) groups excluding carboxylic acids is 1. The van der Waals surface area contributed by atoms with Gasteiger partial charge in [-0.05, 0) is 74.6 Å². The van der Waals surface area contributed by atoms with Crippen molar-refractivity contribution in [2.75, 3.05) is 24.8 Å². The number of ether oxygens (including phenoxy) is 4. The number of rotatable bonds is 10.